The lowest BCUT2D eigenvalue weighted by Gasteiger charge is -2.24. The van der Waals surface area contributed by atoms with Crippen molar-refractivity contribution < 1.29 is 27.3 Å². The van der Waals surface area contributed by atoms with Crippen LogP contribution in [0.1, 0.15) is 31.8 Å². The largest absolute Gasteiger partial charge is 0.481 e. The Morgan fingerprint density at radius 3 is 2.61 bits per heavy atom. The highest BCUT2D eigenvalue weighted by molar-refractivity contribution is 7.88. The summed E-state index contributed by atoms with van der Waals surface area (Å²) < 4.78 is 47.0. The van der Waals surface area contributed by atoms with Crippen LogP contribution in [0.4, 0.5) is 14.5 Å². The summed E-state index contributed by atoms with van der Waals surface area (Å²) in [6.45, 7) is 0.224. The second-order valence-electron chi connectivity index (χ2n) is 7.36. The fraction of sp³-hybridized carbons (Fsp3) is 0.174. The minimum absolute atomic E-state index is 0.0457. The number of halogens is 2. The lowest BCUT2D eigenvalue weighted by molar-refractivity contribution is 0.0951. The summed E-state index contributed by atoms with van der Waals surface area (Å²) in [5.41, 5.74) is 1.91. The molecule has 7 nitrogen and oxygen atoms in total. The van der Waals surface area contributed by atoms with Crippen LogP contribution in [0.25, 0.3) is 0 Å². The summed E-state index contributed by atoms with van der Waals surface area (Å²) in [5.74, 6) is -2.42. The number of rotatable bonds is 6. The van der Waals surface area contributed by atoms with Crippen LogP contribution in [0.5, 0.6) is 5.88 Å². The molecule has 0 bridgehead atoms. The van der Waals surface area contributed by atoms with Crippen LogP contribution in [0.15, 0.2) is 54.7 Å². The summed E-state index contributed by atoms with van der Waals surface area (Å²) in [6, 6.07) is 11.2. The van der Waals surface area contributed by atoms with Crippen LogP contribution < -0.4 is 14.8 Å². The van der Waals surface area contributed by atoms with E-state index in [0.29, 0.717) is 17.1 Å². The monoisotopic (exact) mass is 471 g/mol. The van der Waals surface area contributed by atoms with Crippen molar-refractivity contribution in [2.75, 3.05) is 11.8 Å². The predicted molar refractivity (Wildman–Crippen MR) is 118 cm³/mol. The first-order valence-corrected chi connectivity index (χ1v) is 11.1. The molecule has 0 spiro atoms. The third kappa shape index (κ3) is 4.90. The Morgan fingerprint density at radius 2 is 1.91 bits per heavy atom. The molecule has 10 heteroatoms. The molecule has 0 saturated carbocycles. The van der Waals surface area contributed by atoms with Gasteiger partial charge in [-0.25, -0.2) is 18.0 Å². The van der Waals surface area contributed by atoms with Gasteiger partial charge in [0.25, 0.3) is 5.91 Å². The molecular formula is C23H19F2N3O4S. The van der Waals surface area contributed by atoms with Crippen molar-refractivity contribution in [1.29, 1.82) is 0 Å². The number of Topliss-reactive ketones (excluding diaryl/α,β-unsaturated/α-hetero) is 1. The van der Waals surface area contributed by atoms with Gasteiger partial charge in [-0.1, -0.05) is 12.1 Å². The van der Waals surface area contributed by atoms with Crippen molar-refractivity contribution >= 4 is 28.4 Å². The van der Waals surface area contributed by atoms with Crippen LogP contribution in [0.2, 0.25) is 0 Å². The zero-order valence-electron chi connectivity index (χ0n) is 17.4. The molecule has 3 aromatic rings. The first kappa shape index (κ1) is 22.5. The lowest BCUT2D eigenvalue weighted by Crippen LogP contribution is -2.37. The number of anilines is 1. The zero-order chi connectivity index (χ0) is 23.5. The average molecular weight is 471 g/mol. The number of fused-ring (bicyclic) bond motifs is 1. The number of pyridine rings is 1. The minimum atomic E-state index is -1.76. The van der Waals surface area contributed by atoms with Gasteiger partial charge >= 0.3 is 0 Å². The Hall–Kier alpha value is -3.66. The number of ether oxygens (including phenoxy) is 1. The third-order valence-electron chi connectivity index (χ3n) is 5.17. The number of methoxy groups -OCH3 is 1. The van der Waals surface area contributed by atoms with E-state index in [4.69, 9.17) is 4.74 Å². The van der Waals surface area contributed by atoms with E-state index in [-0.39, 0.29) is 24.1 Å². The first-order valence-electron chi connectivity index (χ1n) is 9.92. The SMILES string of the molecule is COc1ccc(CNC(=O)c2ccc3c(c2)C(=O)C(Cc2ccc(F)c(F)c2)S(=O)N3)cn1. The van der Waals surface area contributed by atoms with E-state index in [0.717, 1.165) is 17.7 Å². The Labute approximate surface area is 190 Å². The Morgan fingerprint density at radius 1 is 1.12 bits per heavy atom. The number of nitrogens with one attached hydrogen (secondary N) is 2. The molecule has 2 atom stereocenters. The van der Waals surface area contributed by atoms with Gasteiger partial charge < -0.3 is 14.8 Å². The topological polar surface area (TPSA) is 97.4 Å². The number of hydrogen-bond donors (Lipinski definition) is 2. The van der Waals surface area contributed by atoms with Gasteiger partial charge in [-0.15, -0.1) is 0 Å². The molecule has 2 unspecified atom stereocenters. The normalized spacial score (nSPS) is 17.1. The van der Waals surface area contributed by atoms with E-state index < -0.39 is 39.6 Å². The van der Waals surface area contributed by atoms with Crippen LogP contribution in [0, 0.1) is 11.6 Å². The van der Waals surface area contributed by atoms with Gasteiger partial charge in [0, 0.05) is 29.9 Å². The fourth-order valence-corrected chi connectivity index (χ4v) is 4.60. The molecule has 33 heavy (non-hydrogen) atoms. The first-order chi connectivity index (χ1) is 15.9. The van der Waals surface area contributed by atoms with Crippen molar-refractivity contribution in [2.24, 2.45) is 0 Å². The van der Waals surface area contributed by atoms with Crippen molar-refractivity contribution in [3.8, 4) is 5.88 Å². The minimum Gasteiger partial charge on any atom is -0.481 e. The number of carbonyl (C=O) groups is 2. The lowest BCUT2D eigenvalue weighted by atomic mass is 9.98. The summed E-state index contributed by atoms with van der Waals surface area (Å²) in [5, 5.41) is 1.75. The quantitative estimate of drug-likeness (QED) is 0.576. The molecule has 0 fully saturated rings. The fourth-order valence-electron chi connectivity index (χ4n) is 3.40. The van der Waals surface area contributed by atoms with Crippen molar-refractivity contribution in [2.45, 2.75) is 18.2 Å². The van der Waals surface area contributed by atoms with E-state index in [2.05, 4.69) is 15.0 Å². The number of amides is 1. The van der Waals surface area contributed by atoms with E-state index in [9.17, 15) is 22.6 Å². The van der Waals surface area contributed by atoms with Crippen molar-refractivity contribution in [1.82, 2.24) is 10.3 Å². The highest BCUT2D eigenvalue weighted by atomic mass is 32.2. The van der Waals surface area contributed by atoms with Crippen LogP contribution in [-0.4, -0.2) is 33.2 Å². The molecular weight excluding hydrogens is 452 g/mol. The predicted octanol–water partition coefficient (Wildman–Crippen LogP) is 3.18. The van der Waals surface area contributed by atoms with Crippen LogP contribution >= 0.6 is 0 Å². The smallest absolute Gasteiger partial charge is 0.251 e. The molecule has 1 aliphatic heterocycles. The van der Waals surface area contributed by atoms with E-state index >= 15 is 0 Å². The molecule has 1 aliphatic rings. The second kappa shape index (κ2) is 9.45. The highest BCUT2D eigenvalue weighted by Crippen LogP contribution is 2.28. The van der Waals surface area contributed by atoms with Gasteiger partial charge in [-0.3, -0.25) is 9.59 Å². The van der Waals surface area contributed by atoms with Gasteiger partial charge in [-0.2, -0.15) is 0 Å². The zero-order valence-corrected chi connectivity index (χ0v) is 18.2. The molecule has 170 valence electrons. The number of carbonyl (C=O) groups excluding carboxylic acids is 2. The van der Waals surface area contributed by atoms with Gasteiger partial charge in [0.15, 0.2) is 17.4 Å². The number of ketones is 1. The summed E-state index contributed by atoms with van der Waals surface area (Å²) in [6.07, 6.45) is 1.54. The summed E-state index contributed by atoms with van der Waals surface area (Å²) in [7, 11) is -0.256. The number of benzene rings is 2. The molecule has 4 rings (SSSR count). The number of hydrogen-bond acceptors (Lipinski definition) is 5. The Bertz CT molecular complexity index is 1250. The van der Waals surface area contributed by atoms with Crippen molar-refractivity contribution in [3.05, 3.63) is 88.6 Å². The van der Waals surface area contributed by atoms with Crippen LogP contribution in [-0.2, 0) is 24.0 Å². The molecule has 0 saturated heterocycles. The summed E-state index contributed by atoms with van der Waals surface area (Å²) >= 11 is 0. The van der Waals surface area contributed by atoms with E-state index in [1.54, 1.807) is 18.3 Å². The molecule has 0 aliphatic carbocycles. The van der Waals surface area contributed by atoms with Crippen LogP contribution in [0.3, 0.4) is 0 Å². The van der Waals surface area contributed by atoms with Gasteiger partial charge in [0.05, 0.1) is 12.8 Å². The van der Waals surface area contributed by atoms with E-state index in [1.807, 2.05) is 0 Å². The van der Waals surface area contributed by atoms with E-state index in [1.165, 1.54) is 31.4 Å². The molecule has 1 amide bonds. The maximum Gasteiger partial charge on any atom is 0.251 e. The summed E-state index contributed by atoms with van der Waals surface area (Å²) in [4.78, 5) is 29.7. The Balaban J connectivity index is 1.49. The average Bonchev–Trinajstić information content (AvgIpc) is 2.82. The number of aromatic nitrogens is 1. The third-order valence-corrected chi connectivity index (χ3v) is 6.49. The van der Waals surface area contributed by atoms with Gasteiger partial charge in [-0.05, 0) is 47.9 Å². The maximum absolute atomic E-state index is 13.5. The molecule has 2 heterocycles. The second-order valence-corrected chi connectivity index (χ2v) is 8.72. The molecule has 0 radical (unpaired) electrons. The highest BCUT2D eigenvalue weighted by Gasteiger charge is 2.34. The molecule has 1 aromatic heterocycles. The van der Waals surface area contributed by atoms with Gasteiger partial charge in [0.1, 0.15) is 16.2 Å². The standard InChI is InChI=1S/C23H19F2N3O4S/c1-32-21-7-3-14(11-26-21)12-27-23(30)15-4-6-19-16(10-15)22(29)20(33(31)28-19)9-13-2-5-17(24)18(25)8-13/h2-8,10-11,20,28H,9,12H2,1H3,(H,27,30). The number of nitrogens with zero attached hydrogens (tertiary/aromatic N) is 1. The maximum atomic E-state index is 13.5. The molecule has 2 N–H and O–H groups in total. The van der Waals surface area contributed by atoms with Crippen molar-refractivity contribution in [3.63, 3.8) is 0 Å². The molecule has 2 aromatic carbocycles. The van der Waals surface area contributed by atoms with Gasteiger partial charge in [0.2, 0.25) is 5.88 Å². The Kier molecular flexibility index (Phi) is 6.45.